The summed E-state index contributed by atoms with van der Waals surface area (Å²) in [5.41, 5.74) is 1.87. The van der Waals surface area contributed by atoms with Gasteiger partial charge in [0.05, 0.1) is 0 Å². The molecule has 5 rings (SSSR count). The molecule has 23 heavy (non-hydrogen) atoms. The van der Waals surface area contributed by atoms with Crippen LogP contribution in [-0.2, 0) is 11.8 Å². The molecule has 0 aromatic heterocycles. The number of alkyl halides is 3. The van der Waals surface area contributed by atoms with Crippen LogP contribution in [0.15, 0.2) is 24.3 Å². The highest BCUT2D eigenvalue weighted by Gasteiger charge is 2.61. The summed E-state index contributed by atoms with van der Waals surface area (Å²) >= 11 is 0. The highest BCUT2D eigenvalue weighted by molar-refractivity contribution is 5.61. The molecule has 2 aliphatic carbocycles. The third kappa shape index (κ3) is 1.70. The minimum absolute atomic E-state index is 0.0888. The Hall–Kier alpha value is -1.69. The van der Waals surface area contributed by atoms with Gasteiger partial charge in [-0.2, -0.15) is 0 Å². The lowest BCUT2D eigenvalue weighted by molar-refractivity contribution is -0.275. The molecule has 1 aromatic carbocycles. The molecule has 122 valence electrons. The quantitative estimate of drug-likeness (QED) is 0.806. The molecule has 1 N–H and O–H groups in total. The van der Waals surface area contributed by atoms with Crippen LogP contribution in [0.4, 0.5) is 13.2 Å². The second kappa shape index (κ2) is 4.23. The minimum Gasteiger partial charge on any atom is -0.485 e. The van der Waals surface area contributed by atoms with Gasteiger partial charge in [-0.15, -0.1) is 13.2 Å². The van der Waals surface area contributed by atoms with E-state index in [4.69, 9.17) is 4.74 Å². The van der Waals surface area contributed by atoms with Crippen LogP contribution in [0.1, 0.15) is 24.0 Å². The molecule has 3 nitrogen and oxygen atoms in total. The molecule has 0 amide bonds. The largest absolute Gasteiger partial charge is 0.573 e. The average Bonchev–Trinajstić information content (AvgIpc) is 2.81. The maximum atomic E-state index is 12.7. The first-order valence-electron chi connectivity index (χ1n) is 7.98. The van der Waals surface area contributed by atoms with Crippen molar-refractivity contribution in [3.8, 4) is 11.5 Å². The smallest absolute Gasteiger partial charge is 0.485 e. The van der Waals surface area contributed by atoms with Gasteiger partial charge in [-0.25, -0.2) is 0 Å². The van der Waals surface area contributed by atoms with Gasteiger partial charge in [0.2, 0.25) is 0 Å². The van der Waals surface area contributed by atoms with E-state index in [1.54, 1.807) is 6.07 Å². The van der Waals surface area contributed by atoms with Gasteiger partial charge in [-0.3, -0.25) is 0 Å². The lowest BCUT2D eigenvalue weighted by Gasteiger charge is -2.53. The first-order valence-corrected chi connectivity index (χ1v) is 7.98. The number of ether oxygens (including phenoxy) is 2. The van der Waals surface area contributed by atoms with Crippen molar-refractivity contribution in [1.82, 2.24) is 5.32 Å². The predicted octanol–water partition coefficient (Wildman–Crippen LogP) is 3.08. The highest BCUT2D eigenvalue weighted by atomic mass is 19.4. The Bertz CT molecular complexity index is 715. The van der Waals surface area contributed by atoms with E-state index in [0.717, 1.165) is 36.9 Å². The van der Waals surface area contributed by atoms with Crippen molar-refractivity contribution in [3.05, 3.63) is 35.4 Å². The Balaban J connectivity index is 1.72. The molecule has 1 saturated heterocycles. The number of nitrogens with one attached hydrogen (secondary N) is 1. The first kappa shape index (κ1) is 13.7. The summed E-state index contributed by atoms with van der Waals surface area (Å²) in [6, 6.07) is 3.51. The minimum atomic E-state index is -4.71. The van der Waals surface area contributed by atoms with E-state index in [1.807, 2.05) is 0 Å². The van der Waals surface area contributed by atoms with E-state index < -0.39 is 6.36 Å². The molecule has 0 saturated carbocycles. The molecule has 2 heterocycles. The maximum Gasteiger partial charge on any atom is 0.573 e. The summed E-state index contributed by atoms with van der Waals surface area (Å²) in [5.74, 6) is 0.402. The van der Waals surface area contributed by atoms with E-state index in [2.05, 4.69) is 22.2 Å². The Kier molecular flexibility index (Phi) is 2.52. The molecule has 1 fully saturated rings. The van der Waals surface area contributed by atoms with E-state index >= 15 is 0 Å². The molecule has 1 spiro atoms. The number of benzene rings is 1. The van der Waals surface area contributed by atoms with Crippen LogP contribution in [0.25, 0.3) is 0 Å². The average molecular weight is 323 g/mol. The summed E-state index contributed by atoms with van der Waals surface area (Å²) in [6.07, 6.45) is 1.99. The van der Waals surface area contributed by atoms with Gasteiger partial charge in [-0.1, -0.05) is 18.2 Å². The van der Waals surface area contributed by atoms with Crippen molar-refractivity contribution in [2.24, 2.45) is 5.92 Å². The van der Waals surface area contributed by atoms with E-state index in [1.165, 1.54) is 6.07 Å². The zero-order valence-corrected chi connectivity index (χ0v) is 12.3. The van der Waals surface area contributed by atoms with Crippen molar-refractivity contribution >= 4 is 0 Å². The first-order chi connectivity index (χ1) is 11.0. The van der Waals surface area contributed by atoms with Crippen molar-refractivity contribution < 1.29 is 22.6 Å². The highest BCUT2D eigenvalue weighted by Crippen LogP contribution is 2.61. The lowest BCUT2D eigenvalue weighted by atomic mass is 9.54. The van der Waals surface area contributed by atoms with Crippen molar-refractivity contribution in [2.75, 3.05) is 6.54 Å². The Morgan fingerprint density at radius 1 is 1.30 bits per heavy atom. The predicted molar refractivity (Wildman–Crippen MR) is 76.6 cm³/mol. The zero-order chi connectivity index (χ0) is 15.8. The maximum absolute atomic E-state index is 12.7. The van der Waals surface area contributed by atoms with Gasteiger partial charge in [0, 0.05) is 29.4 Å². The lowest BCUT2D eigenvalue weighted by Crippen LogP contribution is -2.62. The number of hydrogen-bond acceptors (Lipinski definition) is 3. The molecular weight excluding hydrogens is 307 g/mol. The van der Waals surface area contributed by atoms with Gasteiger partial charge in [0.25, 0.3) is 0 Å². The van der Waals surface area contributed by atoms with Crippen LogP contribution in [0.5, 0.6) is 11.5 Å². The number of halogens is 3. The third-order valence-corrected chi connectivity index (χ3v) is 5.84. The summed E-state index contributed by atoms with van der Waals surface area (Å²) < 4.78 is 48.5. The summed E-state index contributed by atoms with van der Waals surface area (Å²) in [7, 11) is 0. The van der Waals surface area contributed by atoms with Crippen LogP contribution >= 0.6 is 0 Å². The van der Waals surface area contributed by atoms with Crippen molar-refractivity contribution in [3.63, 3.8) is 0 Å². The molecule has 6 heteroatoms. The topological polar surface area (TPSA) is 30.5 Å². The zero-order valence-electron chi connectivity index (χ0n) is 12.3. The van der Waals surface area contributed by atoms with Crippen molar-refractivity contribution in [1.29, 1.82) is 0 Å². The van der Waals surface area contributed by atoms with Gasteiger partial charge < -0.3 is 14.8 Å². The van der Waals surface area contributed by atoms with Crippen LogP contribution in [0, 0.1) is 5.92 Å². The van der Waals surface area contributed by atoms with Crippen molar-refractivity contribution in [2.45, 2.75) is 43.2 Å². The monoisotopic (exact) mass is 323 g/mol. The molecule has 4 atom stereocenters. The SMILES string of the molecule is FC(F)(F)Oc1ccc2c3c1OC1CC=CC4C(C2)NCCC314. The van der Waals surface area contributed by atoms with Gasteiger partial charge in [0.15, 0.2) is 11.5 Å². The van der Waals surface area contributed by atoms with Gasteiger partial charge >= 0.3 is 6.36 Å². The number of rotatable bonds is 1. The van der Waals surface area contributed by atoms with Crippen LogP contribution in [-0.4, -0.2) is 25.1 Å². The Morgan fingerprint density at radius 2 is 2.17 bits per heavy atom. The molecule has 4 unspecified atom stereocenters. The Morgan fingerprint density at radius 3 is 3.00 bits per heavy atom. The van der Waals surface area contributed by atoms with E-state index in [0.29, 0.717) is 11.8 Å². The molecule has 0 radical (unpaired) electrons. The number of hydrogen-bond donors (Lipinski definition) is 1. The van der Waals surface area contributed by atoms with E-state index in [-0.39, 0.29) is 23.2 Å². The molecule has 2 bridgehead atoms. The second-order valence-electron chi connectivity index (χ2n) is 6.83. The van der Waals surface area contributed by atoms with Crippen LogP contribution in [0.2, 0.25) is 0 Å². The van der Waals surface area contributed by atoms with Crippen LogP contribution < -0.4 is 14.8 Å². The standard InChI is InChI=1S/C17H16F3NO2/c18-17(19,20)23-12-5-4-9-8-11-10-2-1-3-13-16(10,6-7-21-11)14(9)15(12)22-13/h1-2,4-5,10-11,13,21H,3,6-8H2. The fourth-order valence-corrected chi connectivity index (χ4v) is 5.15. The molecular formula is C17H16F3NO2. The summed E-state index contributed by atoms with van der Waals surface area (Å²) in [4.78, 5) is 0. The van der Waals surface area contributed by atoms with Crippen LogP contribution in [0.3, 0.4) is 0 Å². The second-order valence-corrected chi connectivity index (χ2v) is 6.83. The van der Waals surface area contributed by atoms with Gasteiger partial charge in [-0.05, 0) is 31.0 Å². The van der Waals surface area contributed by atoms with Gasteiger partial charge in [0.1, 0.15) is 6.10 Å². The summed E-state index contributed by atoms with van der Waals surface area (Å²) in [6.45, 7) is 0.873. The molecule has 4 aliphatic rings. The fraction of sp³-hybridized carbons (Fsp3) is 0.529. The van der Waals surface area contributed by atoms with E-state index in [9.17, 15) is 13.2 Å². The fourth-order valence-electron chi connectivity index (χ4n) is 5.15. The normalized spacial score (nSPS) is 36.4. The summed E-state index contributed by atoms with van der Waals surface area (Å²) in [5, 5.41) is 3.56. The number of piperidine rings is 1. The third-order valence-electron chi connectivity index (χ3n) is 5.84. The molecule has 1 aromatic rings. The Labute approximate surface area is 131 Å². The molecule has 2 aliphatic heterocycles.